The summed E-state index contributed by atoms with van der Waals surface area (Å²) >= 11 is 5.95. The van der Waals surface area contributed by atoms with Gasteiger partial charge in [-0.3, -0.25) is 9.48 Å². The number of halogens is 1. The normalized spacial score (nSPS) is 14.0. The van der Waals surface area contributed by atoms with Crippen molar-refractivity contribution in [3.05, 3.63) is 57.9 Å². The Balaban J connectivity index is 1.72. The first-order chi connectivity index (χ1) is 12.4. The highest BCUT2D eigenvalue weighted by Crippen LogP contribution is 2.40. The smallest absolute Gasteiger partial charge is 0.254 e. The molecule has 2 heterocycles. The van der Waals surface area contributed by atoms with Crippen LogP contribution in [0, 0.1) is 6.92 Å². The lowest BCUT2D eigenvalue weighted by Gasteiger charge is -2.18. The van der Waals surface area contributed by atoms with Gasteiger partial charge in [0.15, 0.2) is 5.65 Å². The van der Waals surface area contributed by atoms with Gasteiger partial charge in [-0.1, -0.05) is 23.7 Å². The maximum atomic E-state index is 13.2. The van der Waals surface area contributed by atoms with Crippen LogP contribution in [0.2, 0.25) is 5.02 Å². The van der Waals surface area contributed by atoms with E-state index in [1.165, 1.54) is 0 Å². The molecule has 0 aliphatic heterocycles. The number of aromatic nitrogens is 3. The van der Waals surface area contributed by atoms with E-state index in [9.17, 15) is 4.79 Å². The van der Waals surface area contributed by atoms with Crippen LogP contribution in [-0.4, -0.2) is 32.6 Å². The number of carbonyl (C=O) groups is 1. The van der Waals surface area contributed by atoms with Crippen LogP contribution in [0.15, 0.2) is 30.3 Å². The Bertz CT molecular complexity index is 989. The van der Waals surface area contributed by atoms with E-state index in [-0.39, 0.29) is 5.91 Å². The lowest BCUT2D eigenvalue weighted by atomic mass is 10.1. The summed E-state index contributed by atoms with van der Waals surface area (Å²) in [5.74, 6) is 0.466. The van der Waals surface area contributed by atoms with Crippen molar-refractivity contribution in [1.29, 1.82) is 0 Å². The van der Waals surface area contributed by atoms with Gasteiger partial charge in [-0.15, -0.1) is 0 Å². The van der Waals surface area contributed by atoms with Gasteiger partial charge >= 0.3 is 0 Å². The maximum absolute atomic E-state index is 13.2. The highest BCUT2D eigenvalue weighted by Gasteiger charge is 2.29. The second-order valence-corrected chi connectivity index (χ2v) is 7.50. The van der Waals surface area contributed by atoms with E-state index in [0.29, 0.717) is 23.0 Å². The first kappa shape index (κ1) is 17.0. The molecule has 0 bridgehead atoms. The molecular formula is C20H21ClN4O. The lowest BCUT2D eigenvalue weighted by molar-refractivity contribution is 0.0787. The second kappa shape index (κ2) is 6.40. The molecule has 4 rings (SSSR count). The van der Waals surface area contributed by atoms with Gasteiger partial charge in [0.05, 0.1) is 16.6 Å². The molecule has 0 radical (unpaired) electrons. The standard InChI is InChI=1S/C20H21ClN4O/c1-12-18-16(10-17(14-6-7-14)22-19(18)25(3)23-12)20(26)24(2)11-13-4-8-15(21)9-5-13/h4-5,8-10,14H,6-7,11H2,1-3H3. The molecule has 2 aromatic heterocycles. The fourth-order valence-corrected chi connectivity index (χ4v) is 3.49. The third-order valence-electron chi connectivity index (χ3n) is 4.89. The summed E-state index contributed by atoms with van der Waals surface area (Å²) in [5.41, 5.74) is 4.36. The van der Waals surface area contributed by atoms with E-state index in [1.54, 1.807) is 9.58 Å². The second-order valence-electron chi connectivity index (χ2n) is 7.06. The van der Waals surface area contributed by atoms with E-state index in [1.807, 2.05) is 51.4 Å². The van der Waals surface area contributed by atoms with Crippen LogP contribution in [0.25, 0.3) is 11.0 Å². The highest BCUT2D eigenvalue weighted by molar-refractivity contribution is 6.30. The number of fused-ring (bicyclic) bond motifs is 1. The average Bonchev–Trinajstić information content (AvgIpc) is 3.42. The molecule has 6 heteroatoms. The van der Waals surface area contributed by atoms with Crippen molar-refractivity contribution in [1.82, 2.24) is 19.7 Å². The molecule has 0 unspecified atom stereocenters. The number of amides is 1. The number of hydrogen-bond acceptors (Lipinski definition) is 3. The monoisotopic (exact) mass is 368 g/mol. The first-order valence-corrected chi connectivity index (χ1v) is 9.16. The van der Waals surface area contributed by atoms with E-state index in [2.05, 4.69) is 5.10 Å². The van der Waals surface area contributed by atoms with E-state index in [0.717, 1.165) is 40.8 Å². The maximum Gasteiger partial charge on any atom is 0.254 e. The molecule has 1 aromatic carbocycles. The number of aryl methyl sites for hydroxylation is 2. The van der Waals surface area contributed by atoms with E-state index >= 15 is 0 Å². The summed E-state index contributed by atoms with van der Waals surface area (Å²) in [4.78, 5) is 19.7. The Morgan fingerprint density at radius 2 is 2.00 bits per heavy atom. The minimum Gasteiger partial charge on any atom is -0.337 e. The number of pyridine rings is 1. The molecule has 1 aliphatic carbocycles. The number of rotatable bonds is 4. The summed E-state index contributed by atoms with van der Waals surface area (Å²) in [6, 6.07) is 9.54. The van der Waals surface area contributed by atoms with Gasteiger partial charge in [-0.2, -0.15) is 5.10 Å². The molecular weight excluding hydrogens is 348 g/mol. The SMILES string of the molecule is Cc1nn(C)c2nc(C3CC3)cc(C(=O)N(C)Cc3ccc(Cl)cc3)c12. The molecule has 26 heavy (non-hydrogen) atoms. The Kier molecular flexibility index (Phi) is 4.19. The first-order valence-electron chi connectivity index (χ1n) is 8.78. The molecule has 5 nitrogen and oxygen atoms in total. The molecule has 1 fully saturated rings. The number of nitrogens with zero attached hydrogens (tertiary/aromatic N) is 4. The number of benzene rings is 1. The van der Waals surface area contributed by atoms with Crippen LogP contribution in [0.1, 0.15) is 46.1 Å². The molecule has 1 amide bonds. The van der Waals surface area contributed by atoms with E-state index < -0.39 is 0 Å². The summed E-state index contributed by atoms with van der Waals surface area (Å²) in [5, 5.41) is 6.02. The van der Waals surface area contributed by atoms with Crippen LogP contribution >= 0.6 is 11.6 Å². The van der Waals surface area contributed by atoms with Gasteiger partial charge in [0.2, 0.25) is 0 Å². The van der Waals surface area contributed by atoms with Gasteiger partial charge in [-0.25, -0.2) is 4.98 Å². The Morgan fingerprint density at radius 1 is 1.31 bits per heavy atom. The van der Waals surface area contributed by atoms with Gasteiger partial charge in [0, 0.05) is 37.3 Å². The summed E-state index contributed by atoms with van der Waals surface area (Å²) in [6.07, 6.45) is 2.28. The highest BCUT2D eigenvalue weighted by atomic mass is 35.5. The van der Waals surface area contributed by atoms with Crippen molar-refractivity contribution in [3.8, 4) is 0 Å². The Morgan fingerprint density at radius 3 is 2.65 bits per heavy atom. The summed E-state index contributed by atoms with van der Waals surface area (Å²) in [6.45, 7) is 2.45. The Labute approximate surface area is 157 Å². The zero-order chi connectivity index (χ0) is 18.4. The predicted octanol–water partition coefficient (Wildman–Crippen LogP) is 4.08. The van der Waals surface area contributed by atoms with Crippen molar-refractivity contribution >= 4 is 28.5 Å². The largest absolute Gasteiger partial charge is 0.337 e. The fraction of sp³-hybridized carbons (Fsp3) is 0.350. The van der Waals surface area contributed by atoms with Crippen molar-refractivity contribution < 1.29 is 4.79 Å². The van der Waals surface area contributed by atoms with Crippen LogP contribution < -0.4 is 0 Å². The van der Waals surface area contributed by atoms with Gasteiger partial charge in [0.1, 0.15) is 0 Å². The van der Waals surface area contributed by atoms with Crippen molar-refractivity contribution in [2.75, 3.05) is 7.05 Å². The zero-order valence-corrected chi connectivity index (χ0v) is 15.9. The fourth-order valence-electron chi connectivity index (χ4n) is 3.36. The van der Waals surface area contributed by atoms with Crippen LogP contribution in [0.3, 0.4) is 0 Å². The van der Waals surface area contributed by atoms with Gasteiger partial charge in [0.25, 0.3) is 5.91 Å². The van der Waals surface area contributed by atoms with Crippen molar-refractivity contribution in [3.63, 3.8) is 0 Å². The van der Waals surface area contributed by atoms with Crippen LogP contribution in [-0.2, 0) is 13.6 Å². The molecule has 0 saturated heterocycles. The third-order valence-corrected chi connectivity index (χ3v) is 5.15. The number of hydrogen-bond donors (Lipinski definition) is 0. The molecule has 1 saturated carbocycles. The van der Waals surface area contributed by atoms with Gasteiger partial charge in [-0.05, 0) is 43.5 Å². The molecule has 3 aromatic rings. The van der Waals surface area contributed by atoms with Crippen molar-refractivity contribution in [2.45, 2.75) is 32.2 Å². The summed E-state index contributed by atoms with van der Waals surface area (Å²) in [7, 11) is 3.70. The Hall–Kier alpha value is -2.40. The predicted molar refractivity (Wildman–Crippen MR) is 102 cm³/mol. The van der Waals surface area contributed by atoms with Gasteiger partial charge < -0.3 is 4.90 Å². The minimum atomic E-state index is -0.00894. The molecule has 0 N–H and O–H groups in total. The zero-order valence-electron chi connectivity index (χ0n) is 15.2. The molecule has 0 spiro atoms. The van der Waals surface area contributed by atoms with Crippen molar-refractivity contribution in [2.24, 2.45) is 7.05 Å². The molecule has 134 valence electrons. The minimum absolute atomic E-state index is 0.00894. The molecule has 0 atom stereocenters. The average molecular weight is 369 g/mol. The topological polar surface area (TPSA) is 51.0 Å². The quantitative estimate of drug-likeness (QED) is 0.697. The molecule has 1 aliphatic rings. The van der Waals surface area contributed by atoms with Crippen LogP contribution in [0.5, 0.6) is 0 Å². The lowest BCUT2D eigenvalue weighted by Crippen LogP contribution is -2.26. The van der Waals surface area contributed by atoms with Crippen LogP contribution in [0.4, 0.5) is 0 Å². The summed E-state index contributed by atoms with van der Waals surface area (Å²) < 4.78 is 1.77. The van der Waals surface area contributed by atoms with E-state index in [4.69, 9.17) is 16.6 Å². The third kappa shape index (κ3) is 3.07. The number of carbonyl (C=O) groups excluding carboxylic acids is 1.